The van der Waals surface area contributed by atoms with Crippen molar-refractivity contribution in [1.82, 2.24) is 5.32 Å². The Hall–Kier alpha value is -4.04. The van der Waals surface area contributed by atoms with Crippen LogP contribution in [0, 0.1) is 13.8 Å². The maximum atomic E-state index is 13.3. The molecule has 42 heavy (non-hydrogen) atoms. The van der Waals surface area contributed by atoms with Gasteiger partial charge in [-0.2, -0.15) is 0 Å². The fourth-order valence-electron chi connectivity index (χ4n) is 3.87. The minimum atomic E-state index is -0.545. The van der Waals surface area contributed by atoms with Crippen molar-refractivity contribution in [2.24, 2.45) is 0 Å². The third-order valence-corrected chi connectivity index (χ3v) is 8.32. The average molecular weight is 619 g/mol. The molecule has 0 heterocycles. The third kappa shape index (κ3) is 8.26. The van der Waals surface area contributed by atoms with Crippen molar-refractivity contribution in [2.45, 2.75) is 30.9 Å². The Morgan fingerprint density at radius 2 is 1.48 bits per heavy atom. The molecule has 0 radical (unpaired) electrons. The highest BCUT2D eigenvalue weighted by Gasteiger charge is 2.18. The largest absolute Gasteiger partial charge is 0.325 e. The van der Waals surface area contributed by atoms with Crippen LogP contribution in [-0.4, -0.2) is 23.0 Å². The number of carbonyl (C=O) groups excluding carboxylic acids is 3. The van der Waals surface area contributed by atoms with E-state index in [1.165, 1.54) is 17.8 Å². The quantitative estimate of drug-likeness (QED) is 0.131. The predicted octanol–water partition coefficient (Wildman–Crippen LogP) is 8.14. The van der Waals surface area contributed by atoms with E-state index in [0.717, 1.165) is 21.7 Å². The van der Waals surface area contributed by atoms with Gasteiger partial charge in [-0.05, 0) is 98.1 Å². The number of benzene rings is 4. The van der Waals surface area contributed by atoms with Crippen LogP contribution in [0.2, 0.25) is 10.0 Å². The van der Waals surface area contributed by atoms with Crippen LogP contribution >= 0.6 is 35.0 Å². The normalized spacial score (nSPS) is 11.9. The summed E-state index contributed by atoms with van der Waals surface area (Å²) in [4.78, 5) is 39.8. The Kier molecular flexibility index (Phi) is 10.5. The van der Waals surface area contributed by atoms with E-state index < -0.39 is 11.8 Å². The standard InChI is InChI=1S/C33H29Cl2N3O3S/c1-20-12-13-26(18-21(20)2)37-31(39)22(3)42-27-16-14-25(15-17-27)36-33(41)29(19-24-10-7-11-28(34)30(24)35)38-32(40)23-8-5-4-6-9-23/h4-19,22H,1-3H3,(H,36,41)(H,37,39)(H,38,40)/b29-19-. The van der Waals surface area contributed by atoms with Gasteiger partial charge in [0.25, 0.3) is 11.8 Å². The lowest BCUT2D eigenvalue weighted by Crippen LogP contribution is -2.30. The summed E-state index contributed by atoms with van der Waals surface area (Å²) in [5.74, 6) is -1.10. The van der Waals surface area contributed by atoms with E-state index in [4.69, 9.17) is 23.2 Å². The van der Waals surface area contributed by atoms with Gasteiger partial charge in [0.1, 0.15) is 5.70 Å². The molecule has 1 unspecified atom stereocenters. The molecule has 0 fully saturated rings. The molecule has 0 aliphatic rings. The highest BCUT2D eigenvalue weighted by Crippen LogP contribution is 2.28. The molecule has 3 N–H and O–H groups in total. The molecule has 6 nitrogen and oxygen atoms in total. The van der Waals surface area contributed by atoms with Crippen LogP contribution in [0.4, 0.5) is 11.4 Å². The minimum Gasteiger partial charge on any atom is -0.325 e. The molecule has 4 rings (SSSR count). The van der Waals surface area contributed by atoms with E-state index in [-0.39, 0.29) is 21.9 Å². The topological polar surface area (TPSA) is 87.3 Å². The first kappa shape index (κ1) is 30.9. The van der Waals surface area contributed by atoms with Crippen molar-refractivity contribution in [3.8, 4) is 0 Å². The van der Waals surface area contributed by atoms with E-state index in [9.17, 15) is 14.4 Å². The van der Waals surface area contributed by atoms with Crippen molar-refractivity contribution >= 4 is 70.1 Å². The summed E-state index contributed by atoms with van der Waals surface area (Å²) >= 11 is 13.9. The monoisotopic (exact) mass is 617 g/mol. The van der Waals surface area contributed by atoms with Crippen LogP contribution in [0.15, 0.2) is 102 Å². The molecule has 0 aromatic heterocycles. The van der Waals surface area contributed by atoms with Crippen molar-refractivity contribution in [2.75, 3.05) is 10.6 Å². The second-order valence-electron chi connectivity index (χ2n) is 9.55. The van der Waals surface area contributed by atoms with E-state index in [1.54, 1.807) is 60.7 Å². The fourth-order valence-corrected chi connectivity index (χ4v) is 5.10. The molecule has 214 valence electrons. The van der Waals surface area contributed by atoms with E-state index in [0.29, 0.717) is 21.8 Å². The number of hydrogen-bond acceptors (Lipinski definition) is 4. The second kappa shape index (κ2) is 14.2. The first-order valence-electron chi connectivity index (χ1n) is 13.1. The van der Waals surface area contributed by atoms with E-state index >= 15 is 0 Å². The lowest BCUT2D eigenvalue weighted by Gasteiger charge is -2.14. The Labute approximate surface area is 259 Å². The van der Waals surface area contributed by atoms with Gasteiger partial charge in [0, 0.05) is 21.8 Å². The molecule has 0 saturated heterocycles. The zero-order valence-corrected chi connectivity index (χ0v) is 25.5. The summed E-state index contributed by atoms with van der Waals surface area (Å²) in [5, 5.41) is 8.69. The summed E-state index contributed by atoms with van der Waals surface area (Å²) in [6.45, 7) is 5.87. The Balaban J connectivity index is 1.45. The zero-order valence-electron chi connectivity index (χ0n) is 23.2. The SMILES string of the molecule is Cc1ccc(NC(=O)C(C)Sc2ccc(NC(=O)/C(=C/c3cccc(Cl)c3Cl)NC(=O)c3ccccc3)cc2)cc1C. The number of hydrogen-bond donors (Lipinski definition) is 3. The fraction of sp³-hybridized carbons (Fsp3) is 0.121. The van der Waals surface area contributed by atoms with Gasteiger partial charge in [-0.1, -0.05) is 59.6 Å². The minimum absolute atomic E-state index is 0.0110. The molecule has 4 aromatic carbocycles. The number of nitrogens with one attached hydrogen (secondary N) is 3. The highest BCUT2D eigenvalue weighted by atomic mass is 35.5. The number of halogens is 2. The van der Waals surface area contributed by atoms with Gasteiger partial charge >= 0.3 is 0 Å². The summed E-state index contributed by atoms with van der Waals surface area (Å²) in [7, 11) is 0. The van der Waals surface area contributed by atoms with E-state index in [2.05, 4.69) is 16.0 Å². The molecule has 3 amide bonds. The van der Waals surface area contributed by atoms with Crippen molar-refractivity contribution < 1.29 is 14.4 Å². The first-order chi connectivity index (χ1) is 20.1. The number of amides is 3. The number of carbonyl (C=O) groups is 3. The van der Waals surface area contributed by atoms with Crippen LogP contribution < -0.4 is 16.0 Å². The number of thioether (sulfide) groups is 1. The Morgan fingerprint density at radius 1 is 0.786 bits per heavy atom. The summed E-state index contributed by atoms with van der Waals surface area (Å²) in [6.07, 6.45) is 1.48. The van der Waals surface area contributed by atoms with Crippen molar-refractivity contribution in [3.05, 3.63) is 129 Å². The molecule has 0 spiro atoms. The van der Waals surface area contributed by atoms with Crippen LogP contribution in [0.25, 0.3) is 6.08 Å². The number of anilines is 2. The highest BCUT2D eigenvalue weighted by molar-refractivity contribution is 8.00. The Bertz CT molecular complexity index is 1640. The smallest absolute Gasteiger partial charge is 0.272 e. The van der Waals surface area contributed by atoms with Gasteiger partial charge in [-0.15, -0.1) is 11.8 Å². The second-order valence-corrected chi connectivity index (χ2v) is 11.7. The third-order valence-electron chi connectivity index (χ3n) is 6.38. The van der Waals surface area contributed by atoms with Crippen molar-refractivity contribution in [3.63, 3.8) is 0 Å². The van der Waals surface area contributed by atoms with Gasteiger partial charge in [-0.25, -0.2) is 0 Å². The number of aryl methyl sites for hydroxylation is 2. The zero-order chi connectivity index (χ0) is 30.2. The van der Waals surface area contributed by atoms with Crippen LogP contribution in [0.3, 0.4) is 0 Å². The van der Waals surface area contributed by atoms with Gasteiger partial charge in [0.15, 0.2) is 0 Å². The predicted molar refractivity (Wildman–Crippen MR) is 173 cm³/mol. The molecular formula is C33H29Cl2N3O3S. The van der Waals surface area contributed by atoms with Crippen LogP contribution in [-0.2, 0) is 9.59 Å². The first-order valence-corrected chi connectivity index (χ1v) is 14.7. The maximum Gasteiger partial charge on any atom is 0.272 e. The molecule has 0 aliphatic heterocycles. The number of rotatable bonds is 9. The molecule has 0 saturated carbocycles. The molecule has 1 atom stereocenters. The molecule has 4 aromatic rings. The Morgan fingerprint density at radius 3 is 2.17 bits per heavy atom. The van der Waals surface area contributed by atoms with E-state index in [1.807, 2.05) is 51.1 Å². The maximum absolute atomic E-state index is 13.3. The molecule has 9 heteroatoms. The molecule has 0 bridgehead atoms. The van der Waals surface area contributed by atoms with Gasteiger partial charge in [-0.3, -0.25) is 14.4 Å². The summed E-state index contributed by atoms with van der Waals surface area (Å²) in [5.41, 5.74) is 4.40. The summed E-state index contributed by atoms with van der Waals surface area (Å²) < 4.78 is 0. The van der Waals surface area contributed by atoms with Gasteiger partial charge in [0.2, 0.25) is 5.91 Å². The van der Waals surface area contributed by atoms with Crippen LogP contribution in [0.5, 0.6) is 0 Å². The lowest BCUT2D eigenvalue weighted by atomic mass is 10.1. The van der Waals surface area contributed by atoms with Gasteiger partial charge < -0.3 is 16.0 Å². The lowest BCUT2D eigenvalue weighted by molar-refractivity contribution is -0.115. The molecule has 0 aliphatic carbocycles. The average Bonchev–Trinajstić information content (AvgIpc) is 2.98. The van der Waals surface area contributed by atoms with Gasteiger partial charge in [0.05, 0.1) is 15.3 Å². The van der Waals surface area contributed by atoms with Crippen LogP contribution in [0.1, 0.15) is 34.0 Å². The molecular weight excluding hydrogens is 589 g/mol. The van der Waals surface area contributed by atoms with Crippen molar-refractivity contribution in [1.29, 1.82) is 0 Å². The summed E-state index contributed by atoms with van der Waals surface area (Å²) in [6, 6.07) is 26.5.